The second-order valence-corrected chi connectivity index (χ2v) is 5.71. The lowest BCUT2D eigenvalue weighted by Gasteiger charge is -2.23. The molecule has 1 rings (SSSR count). The van der Waals surface area contributed by atoms with E-state index in [2.05, 4.69) is 27.8 Å². The van der Waals surface area contributed by atoms with Gasteiger partial charge < -0.3 is 10.6 Å². The maximum atomic E-state index is 11.8. The molecule has 2 N–H and O–H groups in total. The molecule has 1 aromatic rings. The predicted molar refractivity (Wildman–Crippen MR) is 82.8 cm³/mol. The number of hydrogen-bond donors (Lipinski definition) is 1. The van der Waals surface area contributed by atoms with Gasteiger partial charge in [0.25, 0.3) is 0 Å². The van der Waals surface area contributed by atoms with E-state index in [1.54, 1.807) is 19.0 Å². The first kappa shape index (κ1) is 16.0. The minimum Gasteiger partial charge on any atom is -0.398 e. The summed E-state index contributed by atoms with van der Waals surface area (Å²) < 4.78 is 0.905. The van der Waals surface area contributed by atoms with Gasteiger partial charge in [-0.2, -0.15) is 0 Å². The molecule has 19 heavy (non-hydrogen) atoms. The van der Waals surface area contributed by atoms with Gasteiger partial charge >= 0.3 is 0 Å². The van der Waals surface area contributed by atoms with Crippen molar-refractivity contribution in [2.24, 2.45) is 0 Å². The summed E-state index contributed by atoms with van der Waals surface area (Å²) in [6, 6.07) is 5.93. The maximum absolute atomic E-state index is 11.8. The van der Waals surface area contributed by atoms with Gasteiger partial charge in [-0.1, -0.05) is 13.0 Å². The molecular formula is C14H22BrN3O. The molecule has 0 aliphatic rings. The zero-order valence-corrected chi connectivity index (χ0v) is 13.4. The molecule has 0 bridgehead atoms. The van der Waals surface area contributed by atoms with E-state index in [-0.39, 0.29) is 5.91 Å². The van der Waals surface area contributed by atoms with Gasteiger partial charge in [0, 0.05) is 30.8 Å². The summed E-state index contributed by atoms with van der Waals surface area (Å²) >= 11 is 3.39. The lowest BCUT2D eigenvalue weighted by atomic mass is 10.2. The van der Waals surface area contributed by atoms with Crippen LogP contribution in [0, 0.1) is 0 Å². The van der Waals surface area contributed by atoms with Crippen LogP contribution < -0.4 is 5.73 Å². The number of anilines is 1. The molecule has 0 aromatic heterocycles. The first-order valence-corrected chi connectivity index (χ1v) is 7.19. The van der Waals surface area contributed by atoms with Gasteiger partial charge in [-0.3, -0.25) is 9.69 Å². The van der Waals surface area contributed by atoms with Crippen molar-refractivity contribution in [1.29, 1.82) is 0 Å². The number of carbonyl (C=O) groups is 1. The van der Waals surface area contributed by atoms with Crippen molar-refractivity contribution in [3.63, 3.8) is 0 Å². The van der Waals surface area contributed by atoms with Gasteiger partial charge in [0.05, 0.1) is 6.54 Å². The quantitative estimate of drug-likeness (QED) is 0.816. The predicted octanol–water partition coefficient (Wildman–Crippen LogP) is 2.33. The van der Waals surface area contributed by atoms with Crippen LogP contribution in [0.4, 0.5) is 5.69 Å². The number of nitrogen functional groups attached to an aromatic ring is 1. The second kappa shape index (κ2) is 7.50. The zero-order chi connectivity index (χ0) is 14.4. The average molecular weight is 328 g/mol. The van der Waals surface area contributed by atoms with E-state index < -0.39 is 0 Å². The molecule has 0 aliphatic carbocycles. The lowest BCUT2D eigenvalue weighted by molar-refractivity contribution is -0.130. The zero-order valence-electron chi connectivity index (χ0n) is 11.8. The van der Waals surface area contributed by atoms with Gasteiger partial charge in [-0.25, -0.2) is 0 Å². The van der Waals surface area contributed by atoms with Crippen molar-refractivity contribution < 1.29 is 4.79 Å². The summed E-state index contributed by atoms with van der Waals surface area (Å²) in [6.07, 6.45) is 1.02. The molecule has 0 heterocycles. The molecule has 0 radical (unpaired) electrons. The van der Waals surface area contributed by atoms with Crippen molar-refractivity contribution in [2.45, 2.75) is 19.9 Å². The summed E-state index contributed by atoms with van der Waals surface area (Å²) in [5, 5.41) is 0. The van der Waals surface area contributed by atoms with Crippen molar-refractivity contribution >= 4 is 27.5 Å². The first-order valence-electron chi connectivity index (χ1n) is 6.40. The van der Waals surface area contributed by atoms with E-state index in [0.717, 1.165) is 35.2 Å². The Bertz CT molecular complexity index is 435. The molecule has 0 atom stereocenters. The van der Waals surface area contributed by atoms with Crippen molar-refractivity contribution in [2.75, 3.05) is 32.9 Å². The van der Waals surface area contributed by atoms with Gasteiger partial charge in [0.1, 0.15) is 0 Å². The van der Waals surface area contributed by atoms with Crippen LogP contribution in [0.2, 0.25) is 0 Å². The summed E-state index contributed by atoms with van der Waals surface area (Å²) in [7, 11) is 3.56. The number of nitrogens with two attached hydrogens (primary N) is 1. The Kier molecular flexibility index (Phi) is 6.31. The minimum absolute atomic E-state index is 0.124. The molecule has 0 saturated carbocycles. The van der Waals surface area contributed by atoms with Crippen LogP contribution in [0.5, 0.6) is 0 Å². The Morgan fingerprint density at radius 3 is 2.58 bits per heavy atom. The van der Waals surface area contributed by atoms with Crippen LogP contribution in [0.25, 0.3) is 0 Å². The van der Waals surface area contributed by atoms with Gasteiger partial charge in [0.15, 0.2) is 0 Å². The Morgan fingerprint density at radius 1 is 1.37 bits per heavy atom. The fourth-order valence-corrected chi connectivity index (χ4v) is 2.06. The third-order valence-electron chi connectivity index (χ3n) is 2.86. The monoisotopic (exact) mass is 327 g/mol. The van der Waals surface area contributed by atoms with Crippen LogP contribution in [0.1, 0.15) is 18.9 Å². The normalized spacial score (nSPS) is 10.8. The SMILES string of the molecule is CCCN(CC(=O)N(C)C)Cc1ccc(Br)c(N)c1. The van der Waals surface area contributed by atoms with Crippen molar-refractivity contribution in [3.8, 4) is 0 Å². The van der Waals surface area contributed by atoms with E-state index >= 15 is 0 Å². The summed E-state index contributed by atoms with van der Waals surface area (Å²) in [4.78, 5) is 15.6. The fraction of sp³-hybridized carbons (Fsp3) is 0.500. The highest BCUT2D eigenvalue weighted by Gasteiger charge is 2.12. The Labute approximate surface area is 123 Å². The molecule has 106 valence electrons. The Morgan fingerprint density at radius 2 is 2.05 bits per heavy atom. The Hall–Kier alpha value is -1.07. The molecule has 0 aliphatic heterocycles. The smallest absolute Gasteiger partial charge is 0.236 e. The highest BCUT2D eigenvalue weighted by Crippen LogP contribution is 2.21. The van der Waals surface area contributed by atoms with Gasteiger partial charge in [-0.15, -0.1) is 0 Å². The molecule has 0 saturated heterocycles. The minimum atomic E-state index is 0.124. The van der Waals surface area contributed by atoms with Crippen LogP contribution >= 0.6 is 15.9 Å². The summed E-state index contributed by atoms with van der Waals surface area (Å²) in [5.41, 5.74) is 7.73. The Balaban J connectivity index is 2.71. The maximum Gasteiger partial charge on any atom is 0.236 e. The number of likely N-dealkylation sites (N-methyl/N-ethyl adjacent to an activating group) is 1. The second-order valence-electron chi connectivity index (χ2n) is 4.85. The molecular weight excluding hydrogens is 306 g/mol. The fourth-order valence-electron chi connectivity index (χ4n) is 1.81. The number of amides is 1. The van der Waals surface area contributed by atoms with Crippen LogP contribution in [0.15, 0.2) is 22.7 Å². The number of benzene rings is 1. The molecule has 0 fully saturated rings. The largest absolute Gasteiger partial charge is 0.398 e. The number of hydrogen-bond acceptors (Lipinski definition) is 3. The molecule has 0 unspecified atom stereocenters. The van der Waals surface area contributed by atoms with Crippen LogP contribution in [-0.4, -0.2) is 42.9 Å². The van der Waals surface area contributed by atoms with E-state index in [4.69, 9.17) is 5.73 Å². The standard InChI is InChI=1S/C14H22BrN3O/c1-4-7-18(10-14(19)17(2)3)9-11-5-6-12(15)13(16)8-11/h5-6,8H,4,7,9-10,16H2,1-3H3. The molecule has 1 aromatic carbocycles. The van der Waals surface area contributed by atoms with Gasteiger partial charge in [0.2, 0.25) is 5.91 Å². The van der Waals surface area contributed by atoms with Gasteiger partial charge in [-0.05, 0) is 46.6 Å². The lowest BCUT2D eigenvalue weighted by Crippen LogP contribution is -2.36. The summed E-state index contributed by atoms with van der Waals surface area (Å²) in [5.74, 6) is 0.124. The highest BCUT2D eigenvalue weighted by atomic mass is 79.9. The average Bonchev–Trinajstić information content (AvgIpc) is 2.34. The molecule has 0 spiro atoms. The number of carbonyl (C=O) groups excluding carboxylic acids is 1. The third-order valence-corrected chi connectivity index (χ3v) is 3.59. The summed E-state index contributed by atoms with van der Waals surface area (Å²) in [6.45, 7) is 4.19. The van der Waals surface area contributed by atoms with Crippen LogP contribution in [-0.2, 0) is 11.3 Å². The molecule has 5 heteroatoms. The topological polar surface area (TPSA) is 49.6 Å². The first-order chi connectivity index (χ1) is 8.93. The highest BCUT2D eigenvalue weighted by molar-refractivity contribution is 9.10. The van der Waals surface area contributed by atoms with E-state index in [1.165, 1.54) is 0 Å². The molecule has 4 nitrogen and oxygen atoms in total. The third kappa shape index (κ3) is 5.20. The van der Waals surface area contributed by atoms with Crippen LogP contribution in [0.3, 0.4) is 0 Å². The molecule has 1 amide bonds. The van der Waals surface area contributed by atoms with E-state index in [1.807, 2.05) is 18.2 Å². The van der Waals surface area contributed by atoms with Crippen molar-refractivity contribution in [1.82, 2.24) is 9.80 Å². The van der Waals surface area contributed by atoms with Crippen molar-refractivity contribution in [3.05, 3.63) is 28.2 Å². The number of halogens is 1. The van der Waals surface area contributed by atoms with E-state index in [9.17, 15) is 4.79 Å². The van der Waals surface area contributed by atoms with E-state index in [0.29, 0.717) is 6.54 Å². The number of nitrogens with zero attached hydrogens (tertiary/aromatic N) is 2. The number of rotatable bonds is 6.